The van der Waals surface area contributed by atoms with Gasteiger partial charge in [-0.1, -0.05) is 5.21 Å². The van der Waals surface area contributed by atoms with Gasteiger partial charge in [-0.05, 0) is 32.6 Å². The smallest absolute Gasteiger partial charge is 0.155 e. The standard InChI is InChI=1S/C17H25N7O/c1-12-11-25-7-6-22(12)8-14-9-23(21-18-14)10-16-19-20-17(13-2-3-13)24(16)15-4-5-15/h9,12-13,15H,2-8,10-11H2,1H3/t12-/m1/s1. The Bertz CT molecular complexity index is 746. The van der Waals surface area contributed by atoms with Crippen molar-refractivity contribution in [2.75, 3.05) is 19.8 Å². The van der Waals surface area contributed by atoms with Crippen LogP contribution in [0.5, 0.6) is 0 Å². The van der Waals surface area contributed by atoms with E-state index in [1.165, 1.54) is 31.5 Å². The molecule has 2 saturated carbocycles. The van der Waals surface area contributed by atoms with E-state index in [2.05, 4.69) is 36.9 Å². The van der Waals surface area contributed by atoms with Crippen LogP contribution in [-0.4, -0.2) is 60.5 Å². The lowest BCUT2D eigenvalue weighted by Gasteiger charge is -2.32. The van der Waals surface area contributed by atoms with Gasteiger partial charge in [0, 0.05) is 31.1 Å². The molecule has 2 aromatic rings. The van der Waals surface area contributed by atoms with Crippen molar-refractivity contribution in [3.63, 3.8) is 0 Å². The Kier molecular flexibility index (Phi) is 3.82. The minimum Gasteiger partial charge on any atom is -0.379 e. The zero-order chi connectivity index (χ0) is 16.8. The molecule has 3 aliphatic rings. The van der Waals surface area contributed by atoms with Gasteiger partial charge in [0.1, 0.15) is 12.4 Å². The third-order valence-electron chi connectivity index (χ3n) is 5.41. The zero-order valence-corrected chi connectivity index (χ0v) is 14.7. The number of rotatable bonds is 6. The average molecular weight is 343 g/mol. The van der Waals surface area contributed by atoms with Crippen LogP contribution in [0.3, 0.4) is 0 Å². The van der Waals surface area contributed by atoms with Crippen molar-refractivity contribution in [1.29, 1.82) is 0 Å². The summed E-state index contributed by atoms with van der Waals surface area (Å²) in [5.41, 5.74) is 1.01. The second-order valence-corrected chi connectivity index (χ2v) is 7.65. The molecule has 2 aliphatic carbocycles. The van der Waals surface area contributed by atoms with Crippen molar-refractivity contribution in [3.05, 3.63) is 23.5 Å². The zero-order valence-electron chi connectivity index (χ0n) is 14.7. The van der Waals surface area contributed by atoms with Crippen LogP contribution in [0, 0.1) is 0 Å². The lowest BCUT2D eigenvalue weighted by Crippen LogP contribution is -2.42. The van der Waals surface area contributed by atoms with Crippen LogP contribution in [0.4, 0.5) is 0 Å². The number of hydrogen-bond donors (Lipinski definition) is 0. The molecule has 8 heteroatoms. The minimum atomic E-state index is 0.429. The summed E-state index contributed by atoms with van der Waals surface area (Å²) in [6.45, 7) is 6.22. The molecule has 134 valence electrons. The van der Waals surface area contributed by atoms with E-state index in [9.17, 15) is 0 Å². The predicted molar refractivity (Wildman–Crippen MR) is 90.1 cm³/mol. The van der Waals surface area contributed by atoms with Gasteiger partial charge in [0.15, 0.2) is 5.82 Å². The number of aromatic nitrogens is 6. The highest BCUT2D eigenvalue weighted by Crippen LogP contribution is 2.44. The monoisotopic (exact) mass is 343 g/mol. The summed E-state index contributed by atoms with van der Waals surface area (Å²) >= 11 is 0. The first-order chi connectivity index (χ1) is 12.3. The molecule has 1 saturated heterocycles. The van der Waals surface area contributed by atoms with Gasteiger partial charge >= 0.3 is 0 Å². The first-order valence-electron chi connectivity index (χ1n) is 9.42. The summed E-state index contributed by atoms with van der Waals surface area (Å²) in [6, 6.07) is 1.04. The molecule has 0 N–H and O–H groups in total. The van der Waals surface area contributed by atoms with Gasteiger partial charge in [0.25, 0.3) is 0 Å². The van der Waals surface area contributed by atoms with E-state index in [-0.39, 0.29) is 0 Å². The molecule has 25 heavy (non-hydrogen) atoms. The molecule has 0 bridgehead atoms. The molecule has 0 spiro atoms. The normalized spacial score (nSPS) is 24.8. The van der Waals surface area contributed by atoms with E-state index in [1.807, 2.05) is 10.9 Å². The molecule has 0 unspecified atom stereocenters. The van der Waals surface area contributed by atoms with Crippen LogP contribution in [-0.2, 0) is 17.8 Å². The quantitative estimate of drug-likeness (QED) is 0.788. The third kappa shape index (κ3) is 3.20. The van der Waals surface area contributed by atoms with Gasteiger partial charge in [0.05, 0.1) is 25.1 Å². The topological polar surface area (TPSA) is 73.9 Å². The van der Waals surface area contributed by atoms with Crippen molar-refractivity contribution >= 4 is 0 Å². The van der Waals surface area contributed by atoms with Gasteiger partial charge in [0.2, 0.25) is 0 Å². The van der Waals surface area contributed by atoms with Crippen LogP contribution < -0.4 is 0 Å². The lowest BCUT2D eigenvalue weighted by molar-refractivity contribution is -0.00492. The van der Waals surface area contributed by atoms with E-state index < -0.39 is 0 Å². The maximum absolute atomic E-state index is 5.50. The molecule has 3 heterocycles. The van der Waals surface area contributed by atoms with E-state index in [1.54, 1.807) is 0 Å². The Hall–Kier alpha value is -1.80. The molecule has 0 radical (unpaired) electrons. The molecule has 5 rings (SSSR count). The maximum atomic E-state index is 5.50. The van der Waals surface area contributed by atoms with Gasteiger partial charge in [-0.15, -0.1) is 15.3 Å². The number of nitrogens with zero attached hydrogens (tertiary/aromatic N) is 7. The largest absolute Gasteiger partial charge is 0.379 e. The minimum absolute atomic E-state index is 0.429. The summed E-state index contributed by atoms with van der Waals surface area (Å²) < 4.78 is 9.78. The van der Waals surface area contributed by atoms with Crippen molar-refractivity contribution in [2.24, 2.45) is 0 Å². The highest BCUT2D eigenvalue weighted by Gasteiger charge is 2.36. The predicted octanol–water partition coefficient (Wildman–Crippen LogP) is 1.35. The molecular weight excluding hydrogens is 318 g/mol. The van der Waals surface area contributed by atoms with Crippen LogP contribution in [0.15, 0.2) is 6.20 Å². The Morgan fingerprint density at radius 1 is 1.12 bits per heavy atom. The summed E-state index contributed by atoms with van der Waals surface area (Å²) in [5.74, 6) is 2.86. The maximum Gasteiger partial charge on any atom is 0.155 e. The number of hydrogen-bond acceptors (Lipinski definition) is 6. The van der Waals surface area contributed by atoms with Gasteiger partial charge in [-0.25, -0.2) is 4.68 Å². The summed E-state index contributed by atoms with van der Waals surface area (Å²) in [4.78, 5) is 2.40. The Morgan fingerprint density at radius 3 is 2.76 bits per heavy atom. The molecule has 2 aromatic heterocycles. The van der Waals surface area contributed by atoms with Crippen LogP contribution in [0.2, 0.25) is 0 Å². The van der Waals surface area contributed by atoms with E-state index in [4.69, 9.17) is 4.74 Å². The second-order valence-electron chi connectivity index (χ2n) is 7.65. The summed E-state index contributed by atoms with van der Waals surface area (Å²) in [5, 5.41) is 17.6. The molecular formula is C17H25N7O. The first kappa shape index (κ1) is 15.5. The van der Waals surface area contributed by atoms with E-state index >= 15 is 0 Å². The number of ether oxygens (including phenoxy) is 1. The van der Waals surface area contributed by atoms with E-state index in [0.717, 1.165) is 37.8 Å². The average Bonchev–Trinajstić information content (AvgIpc) is 3.54. The Morgan fingerprint density at radius 2 is 2.00 bits per heavy atom. The molecule has 0 aromatic carbocycles. The molecule has 8 nitrogen and oxygen atoms in total. The van der Waals surface area contributed by atoms with Crippen LogP contribution in [0.25, 0.3) is 0 Å². The van der Waals surface area contributed by atoms with Gasteiger partial charge < -0.3 is 9.30 Å². The first-order valence-corrected chi connectivity index (χ1v) is 9.42. The molecule has 1 atom stereocenters. The highest BCUT2D eigenvalue weighted by molar-refractivity contribution is 5.12. The molecule has 3 fully saturated rings. The third-order valence-corrected chi connectivity index (χ3v) is 5.41. The number of morpholine rings is 1. The fourth-order valence-electron chi connectivity index (χ4n) is 3.63. The van der Waals surface area contributed by atoms with Gasteiger partial charge in [-0.2, -0.15) is 0 Å². The van der Waals surface area contributed by atoms with Crippen molar-refractivity contribution in [2.45, 2.75) is 63.7 Å². The fraction of sp³-hybridized carbons (Fsp3) is 0.765. The fourth-order valence-corrected chi connectivity index (χ4v) is 3.63. The van der Waals surface area contributed by atoms with Crippen molar-refractivity contribution in [1.82, 2.24) is 34.7 Å². The Labute approximate surface area is 147 Å². The molecule has 0 amide bonds. The summed E-state index contributed by atoms with van der Waals surface area (Å²) in [7, 11) is 0. The van der Waals surface area contributed by atoms with E-state index in [0.29, 0.717) is 24.5 Å². The van der Waals surface area contributed by atoms with Crippen molar-refractivity contribution in [3.8, 4) is 0 Å². The highest BCUT2D eigenvalue weighted by atomic mass is 16.5. The SMILES string of the molecule is C[C@@H]1COCCN1Cc1cn(Cc2nnc(C3CC3)n2C2CC2)nn1. The lowest BCUT2D eigenvalue weighted by atomic mass is 10.2. The van der Waals surface area contributed by atoms with Crippen LogP contribution >= 0.6 is 0 Å². The molecule has 1 aliphatic heterocycles. The van der Waals surface area contributed by atoms with Crippen LogP contribution in [0.1, 0.15) is 61.9 Å². The van der Waals surface area contributed by atoms with Gasteiger partial charge in [-0.3, -0.25) is 4.90 Å². The van der Waals surface area contributed by atoms with Crippen molar-refractivity contribution < 1.29 is 4.74 Å². The Balaban J connectivity index is 1.30. The second kappa shape index (κ2) is 6.17. The summed E-state index contributed by atoms with van der Waals surface area (Å²) in [6.07, 6.45) is 7.07.